The van der Waals surface area contributed by atoms with E-state index in [1.807, 2.05) is 12.1 Å². The van der Waals surface area contributed by atoms with Crippen molar-refractivity contribution in [2.75, 3.05) is 13.2 Å². The lowest BCUT2D eigenvalue weighted by Gasteiger charge is -2.06. The summed E-state index contributed by atoms with van der Waals surface area (Å²) in [7, 11) is 0. The van der Waals surface area contributed by atoms with Gasteiger partial charge in [-0.3, -0.25) is 4.79 Å². The van der Waals surface area contributed by atoms with Crippen LogP contribution in [-0.2, 0) is 20.9 Å². The third-order valence-corrected chi connectivity index (χ3v) is 6.67. The van der Waals surface area contributed by atoms with Gasteiger partial charge in [-0.2, -0.15) is 0 Å². The van der Waals surface area contributed by atoms with Gasteiger partial charge in [-0.25, -0.2) is 0 Å². The van der Waals surface area contributed by atoms with Gasteiger partial charge in [0.15, 0.2) is 0 Å². The Morgan fingerprint density at radius 3 is 2.40 bits per heavy atom. The average molecular weight is 632 g/mol. The predicted octanol–water partition coefficient (Wildman–Crippen LogP) is 5.26. The Hall–Kier alpha value is 0.870. The first-order valence-corrected chi connectivity index (χ1v) is 9.28. The van der Waals surface area contributed by atoms with Gasteiger partial charge in [0.2, 0.25) is 0 Å². The second-order valence-electron chi connectivity index (χ2n) is 3.76. The highest BCUT2D eigenvalue weighted by atomic mass is 127. The summed E-state index contributed by atoms with van der Waals surface area (Å²) in [5.74, 6) is -0.261. The predicted molar refractivity (Wildman–Crippen MR) is 106 cm³/mol. The van der Waals surface area contributed by atoms with E-state index in [-0.39, 0.29) is 19.0 Å². The van der Waals surface area contributed by atoms with Crippen LogP contribution in [0.2, 0.25) is 5.02 Å². The topological polar surface area (TPSA) is 35.5 Å². The summed E-state index contributed by atoms with van der Waals surface area (Å²) in [6.07, 6.45) is 0.259. The van der Waals surface area contributed by atoms with Crippen LogP contribution in [0.3, 0.4) is 0 Å². The molecule has 0 radical (unpaired) electrons. The maximum Gasteiger partial charge on any atom is 0.308 e. The zero-order valence-corrected chi connectivity index (χ0v) is 17.6. The maximum absolute atomic E-state index is 11.5. The highest BCUT2D eigenvalue weighted by Crippen LogP contribution is 2.25. The molecule has 0 unspecified atom stereocenters. The van der Waals surface area contributed by atoms with Gasteiger partial charge in [0.05, 0.1) is 21.2 Å². The maximum atomic E-state index is 11.5. The van der Waals surface area contributed by atoms with Crippen LogP contribution in [0.1, 0.15) is 12.0 Å². The fourth-order valence-corrected chi connectivity index (χ4v) is 1.85. The number of hydrogen-bond acceptors (Lipinski definition) is 3. The van der Waals surface area contributed by atoms with Crippen molar-refractivity contribution in [3.63, 3.8) is 0 Å². The molecule has 0 amide bonds. The van der Waals surface area contributed by atoms with Crippen LogP contribution in [0.5, 0.6) is 0 Å². The molecule has 0 aromatic heterocycles. The summed E-state index contributed by atoms with van der Waals surface area (Å²) in [6, 6.07) is 7.21. The van der Waals surface area contributed by atoms with Gasteiger partial charge in [0.25, 0.3) is 0 Å². The van der Waals surface area contributed by atoms with Gasteiger partial charge in [-0.05, 0) is 85.5 Å². The molecular weight excluding hydrogens is 620 g/mol. The summed E-state index contributed by atoms with van der Waals surface area (Å²) in [4.78, 5) is 11.5. The van der Waals surface area contributed by atoms with E-state index >= 15 is 0 Å². The third kappa shape index (κ3) is 8.35. The highest BCUT2D eigenvalue weighted by Gasteiger charge is 2.04. The van der Waals surface area contributed by atoms with E-state index in [0.717, 1.165) is 9.14 Å². The zero-order valence-electron chi connectivity index (χ0n) is 10.4. The van der Waals surface area contributed by atoms with Gasteiger partial charge in [0.1, 0.15) is 6.61 Å². The highest BCUT2D eigenvalue weighted by molar-refractivity contribution is 14.2. The number of carbonyl (C=O) groups excluding carboxylic acids is 1. The number of ether oxygens (including phenoxy) is 2. The molecule has 0 N–H and O–H groups in total. The van der Waals surface area contributed by atoms with Crippen molar-refractivity contribution in [1.29, 1.82) is 0 Å². The Kier molecular flexibility index (Phi) is 10.00. The molecule has 1 aromatic rings. The molecule has 0 saturated heterocycles. The summed E-state index contributed by atoms with van der Waals surface area (Å²) in [6.45, 7) is 1.16. The molecule has 0 spiro atoms. The van der Waals surface area contributed by atoms with E-state index in [2.05, 4.69) is 67.8 Å². The summed E-state index contributed by atoms with van der Waals surface area (Å²) in [5, 5.41) is 0.668. The molecule has 0 bridgehead atoms. The smallest absolute Gasteiger partial charge is 0.308 e. The Morgan fingerprint density at radius 2 is 1.80 bits per heavy atom. The first kappa shape index (κ1) is 18.9. The SMILES string of the molecule is O=C(CCOCC(I)=C(I)I)OCc1ccc(Cl)cc1. The molecule has 0 atom stereocenters. The van der Waals surface area contributed by atoms with Gasteiger partial charge < -0.3 is 9.47 Å². The van der Waals surface area contributed by atoms with E-state index in [1.54, 1.807) is 12.1 Å². The van der Waals surface area contributed by atoms with Crippen LogP contribution in [0.25, 0.3) is 0 Å². The molecular formula is C13H12ClI3O3. The van der Waals surface area contributed by atoms with Crippen molar-refractivity contribution >= 4 is 85.3 Å². The Bertz CT molecular complexity index is 470. The normalized spacial score (nSPS) is 10.2. The minimum atomic E-state index is -0.261. The molecule has 7 heteroatoms. The van der Waals surface area contributed by atoms with E-state index in [0.29, 0.717) is 18.2 Å². The van der Waals surface area contributed by atoms with Crippen LogP contribution >= 0.6 is 79.4 Å². The molecule has 0 aliphatic heterocycles. The zero-order chi connectivity index (χ0) is 15.0. The Labute approximate surface area is 164 Å². The minimum absolute atomic E-state index is 0.259. The van der Waals surface area contributed by atoms with Crippen LogP contribution in [0, 0.1) is 0 Å². The minimum Gasteiger partial charge on any atom is -0.461 e. The molecule has 0 heterocycles. The van der Waals surface area contributed by atoms with Crippen molar-refractivity contribution in [2.24, 2.45) is 0 Å². The number of carbonyl (C=O) groups is 1. The second kappa shape index (κ2) is 10.6. The molecule has 0 aliphatic carbocycles. The number of halogens is 4. The van der Waals surface area contributed by atoms with Crippen LogP contribution in [0.15, 0.2) is 29.4 Å². The number of esters is 1. The molecule has 0 saturated carbocycles. The fourth-order valence-electron chi connectivity index (χ4n) is 1.19. The molecule has 0 aliphatic rings. The monoisotopic (exact) mass is 632 g/mol. The van der Waals surface area contributed by atoms with Gasteiger partial charge in [0, 0.05) is 8.60 Å². The summed E-state index contributed by atoms with van der Waals surface area (Å²) < 4.78 is 12.9. The second-order valence-corrected chi connectivity index (χ2v) is 9.72. The first-order valence-electron chi connectivity index (χ1n) is 5.66. The van der Waals surface area contributed by atoms with Crippen molar-refractivity contribution in [3.8, 4) is 0 Å². The molecule has 0 fully saturated rings. The molecule has 110 valence electrons. The molecule has 20 heavy (non-hydrogen) atoms. The lowest BCUT2D eigenvalue weighted by atomic mass is 10.2. The van der Waals surface area contributed by atoms with Crippen molar-refractivity contribution in [1.82, 2.24) is 0 Å². The van der Waals surface area contributed by atoms with Crippen molar-refractivity contribution in [2.45, 2.75) is 13.0 Å². The average Bonchev–Trinajstić information content (AvgIpc) is 2.42. The van der Waals surface area contributed by atoms with Crippen molar-refractivity contribution in [3.05, 3.63) is 40.0 Å². The lowest BCUT2D eigenvalue weighted by molar-refractivity contribution is -0.146. The van der Waals surface area contributed by atoms with E-state index in [1.165, 1.54) is 1.59 Å². The summed E-state index contributed by atoms with van der Waals surface area (Å²) in [5.41, 5.74) is 0.917. The third-order valence-electron chi connectivity index (χ3n) is 2.20. The number of benzene rings is 1. The Balaban J connectivity index is 2.18. The molecule has 3 nitrogen and oxygen atoms in total. The molecule has 1 rings (SSSR count). The fraction of sp³-hybridized carbons (Fsp3) is 0.308. The van der Waals surface area contributed by atoms with Gasteiger partial charge >= 0.3 is 5.97 Å². The van der Waals surface area contributed by atoms with Crippen LogP contribution in [-0.4, -0.2) is 19.2 Å². The van der Waals surface area contributed by atoms with E-state index in [4.69, 9.17) is 21.1 Å². The first-order chi connectivity index (χ1) is 9.49. The Morgan fingerprint density at radius 1 is 1.15 bits per heavy atom. The van der Waals surface area contributed by atoms with Crippen LogP contribution in [0.4, 0.5) is 0 Å². The van der Waals surface area contributed by atoms with E-state index in [9.17, 15) is 4.79 Å². The van der Waals surface area contributed by atoms with Crippen LogP contribution < -0.4 is 0 Å². The van der Waals surface area contributed by atoms with Crippen molar-refractivity contribution < 1.29 is 14.3 Å². The van der Waals surface area contributed by atoms with Gasteiger partial charge in [-0.1, -0.05) is 23.7 Å². The standard InChI is InChI=1S/C13H12ClI3O3/c14-10-3-1-9(2-4-10)7-20-12(18)5-6-19-8-11(15)13(16)17/h1-4H,5-8H2. The van der Waals surface area contributed by atoms with E-state index < -0.39 is 0 Å². The number of rotatable bonds is 7. The summed E-state index contributed by atoms with van der Waals surface area (Å²) >= 11 is 12.5. The molecule has 1 aromatic carbocycles. The quantitative estimate of drug-likeness (QED) is 0.234. The van der Waals surface area contributed by atoms with Gasteiger partial charge in [-0.15, -0.1) is 0 Å². The number of hydrogen-bond donors (Lipinski definition) is 0. The largest absolute Gasteiger partial charge is 0.461 e. The lowest BCUT2D eigenvalue weighted by Crippen LogP contribution is -2.09.